The molecule has 0 aliphatic rings. The van der Waals surface area contributed by atoms with E-state index in [1.807, 2.05) is 65.8 Å². The quantitative estimate of drug-likeness (QED) is 0.643. The summed E-state index contributed by atoms with van der Waals surface area (Å²) in [4.78, 5) is 12.2. The van der Waals surface area contributed by atoms with Gasteiger partial charge in [-0.1, -0.05) is 39.8 Å². The molecule has 3 nitrogen and oxygen atoms in total. The van der Waals surface area contributed by atoms with Gasteiger partial charge in [0.1, 0.15) is 5.88 Å². The first kappa shape index (κ1) is 21.6. The fraction of sp³-hybridized carbons (Fsp3) is 0.533. The van der Waals surface area contributed by atoms with Crippen LogP contribution in [0, 0.1) is 0 Å². The molecule has 0 bridgehead atoms. The number of rotatable bonds is 4. The van der Waals surface area contributed by atoms with Crippen LogP contribution in [-0.4, -0.2) is 11.8 Å². The van der Waals surface area contributed by atoms with Crippen molar-refractivity contribution >= 4 is 29.5 Å². The molecule has 0 saturated heterocycles. The summed E-state index contributed by atoms with van der Waals surface area (Å²) in [5, 5.41) is 8.29. The molecule has 0 aliphatic carbocycles. The topological polar surface area (TPSA) is 55.1 Å². The molecule has 0 atom stereocenters. The fourth-order valence-electron chi connectivity index (χ4n) is 1.40. The van der Waals surface area contributed by atoms with E-state index in [-0.39, 0.29) is 11.8 Å². The lowest BCUT2D eigenvalue weighted by Crippen LogP contribution is -2.41. The number of hydrogen-bond acceptors (Lipinski definition) is 3. The van der Waals surface area contributed by atoms with E-state index in [9.17, 15) is 4.79 Å². The Morgan fingerprint density at radius 2 is 1.65 bits per heavy atom. The number of hydrogen-bond donors (Lipinski definition) is 2. The Kier molecular flexibility index (Phi) is 13.0. The first-order valence-corrected chi connectivity index (χ1v) is 8.25. The van der Waals surface area contributed by atoms with Crippen LogP contribution in [0.15, 0.2) is 29.2 Å². The average molecular weight is 319 g/mol. The van der Waals surface area contributed by atoms with E-state index >= 15 is 0 Å². The molecule has 0 aromatic heterocycles. The molecular formula is C15H27ClN2OS. The van der Waals surface area contributed by atoms with Gasteiger partial charge in [0.15, 0.2) is 0 Å². The summed E-state index contributed by atoms with van der Waals surface area (Å²) in [7, 11) is 0. The number of nitrogens with two attached hydrogens (primary N) is 1. The van der Waals surface area contributed by atoms with Crippen LogP contribution in [0.2, 0.25) is 0 Å². The maximum atomic E-state index is 11.3. The van der Waals surface area contributed by atoms with Gasteiger partial charge in [0, 0.05) is 4.90 Å². The van der Waals surface area contributed by atoms with Crippen LogP contribution in [0.5, 0.6) is 0 Å². The minimum atomic E-state index is -0.427. The largest absolute Gasteiger partial charge is 0.346 e. The van der Waals surface area contributed by atoms with Crippen molar-refractivity contribution < 1.29 is 4.79 Å². The number of carbonyl (C=O) groups is 1. The van der Waals surface area contributed by atoms with Crippen molar-refractivity contribution in [3.63, 3.8) is 0 Å². The average Bonchev–Trinajstić information content (AvgIpc) is 2.50. The van der Waals surface area contributed by atoms with Crippen LogP contribution in [0.25, 0.3) is 0 Å². The standard InChI is InChI=1S/C11H15ClN2OS.2C2H6/c1-11(2,14-10(15)7-12)8-3-5-9(16-13)6-4-8;2*1-2/h3-6H,7,13H2,1-2H3,(H,14,15);2*1-2H3. The van der Waals surface area contributed by atoms with Gasteiger partial charge < -0.3 is 5.32 Å². The van der Waals surface area contributed by atoms with Gasteiger partial charge >= 0.3 is 0 Å². The first-order chi connectivity index (χ1) is 9.49. The first-order valence-electron chi connectivity index (χ1n) is 6.84. The second-order valence-corrected chi connectivity index (χ2v) is 4.92. The van der Waals surface area contributed by atoms with Crippen LogP contribution in [0.3, 0.4) is 0 Å². The Hall–Kier alpha value is -0.710. The fourth-order valence-corrected chi connectivity index (χ4v) is 1.76. The van der Waals surface area contributed by atoms with Crippen molar-refractivity contribution in [3.05, 3.63) is 29.8 Å². The third-order valence-corrected chi connectivity index (χ3v) is 3.07. The van der Waals surface area contributed by atoms with Gasteiger partial charge in [0.25, 0.3) is 0 Å². The maximum absolute atomic E-state index is 11.3. The summed E-state index contributed by atoms with van der Waals surface area (Å²) in [6, 6.07) is 7.75. The normalized spacial score (nSPS) is 9.60. The number of nitrogens with one attached hydrogen (secondary N) is 1. The smallest absolute Gasteiger partial charge is 0.235 e. The van der Waals surface area contributed by atoms with E-state index in [2.05, 4.69) is 5.32 Å². The lowest BCUT2D eigenvalue weighted by atomic mass is 9.94. The van der Waals surface area contributed by atoms with Crippen molar-refractivity contribution in [1.82, 2.24) is 5.32 Å². The molecule has 20 heavy (non-hydrogen) atoms. The van der Waals surface area contributed by atoms with Crippen molar-refractivity contribution in [2.75, 3.05) is 5.88 Å². The summed E-state index contributed by atoms with van der Waals surface area (Å²) in [5.74, 6) is -0.205. The number of halogens is 1. The highest BCUT2D eigenvalue weighted by Crippen LogP contribution is 2.22. The van der Waals surface area contributed by atoms with E-state index in [0.717, 1.165) is 10.5 Å². The molecule has 0 spiro atoms. The summed E-state index contributed by atoms with van der Waals surface area (Å²) < 4.78 is 0. The van der Waals surface area contributed by atoms with E-state index in [1.54, 1.807) is 0 Å². The van der Waals surface area contributed by atoms with Gasteiger partial charge in [-0.25, -0.2) is 0 Å². The van der Waals surface area contributed by atoms with Crippen molar-refractivity contribution in [1.29, 1.82) is 0 Å². The number of carbonyl (C=O) groups excluding carboxylic acids is 1. The minimum absolute atomic E-state index is 0.0276. The molecule has 0 heterocycles. The van der Waals surface area contributed by atoms with E-state index in [1.165, 1.54) is 11.9 Å². The Morgan fingerprint density at radius 3 is 2.00 bits per heavy atom. The lowest BCUT2D eigenvalue weighted by molar-refractivity contribution is -0.120. The van der Waals surface area contributed by atoms with Gasteiger partial charge in [-0.15, -0.1) is 11.6 Å². The number of alkyl halides is 1. The molecule has 0 saturated carbocycles. The van der Waals surface area contributed by atoms with Crippen molar-refractivity contribution in [2.24, 2.45) is 5.14 Å². The summed E-state index contributed by atoms with van der Waals surface area (Å²) in [6.07, 6.45) is 0. The highest BCUT2D eigenvalue weighted by atomic mass is 35.5. The molecule has 0 radical (unpaired) electrons. The van der Waals surface area contributed by atoms with Gasteiger partial charge in [0.05, 0.1) is 5.54 Å². The molecule has 1 aromatic rings. The van der Waals surface area contributed by atoms with Crippen molar-refractivity contribution in [3.8, 4) is 0 Å². The van der Waals surface area contributed by atoms with Gasteiger partial charge in [-0.3, -0.25) is 9.93 Å². The van der Waals surface area contributed by atoms with Crippen LogP contribution in [-0.2, 0) is 10.3 Å². The molecule has 1 aromatic carbocycles. The SMILES string of the molecule is CC.CC.CC(C)(NC(=O)CCl)c1ccc(SN)cc1. The zero-order chi connectivity index (χ0) is 16.2. The molecule has 5 heteroatoms. The Labute approximate surface area is 132 Å². The van der Waals surface area contributed by atoms with Gasteiger partial charge in [-0.2, -0.15) is 0 Å². The predicted molar refractivity (Wildman–Crippen MR) is 91.1 cm³/mol. The van der Waals surface area contributed by atoms with Gasteiger partial charge in [0.2, 0.25) is 5.91 Å². The second kappa shape index (κ2) is 12.1. The minimum Gasteiger partial charge on any atom is -0.346 e. The third kappa shape index (κ3) is 7.78. The van der Waals surface area contributed by atoms with Crippen LogP contribution in [0.4, 0.5) is 0 Å². The zero-order valence-electron chi connectivity index (χ0n) is 13.3. The van der Waals surface area contributed by atoms with E-state index in [0.29, 0.717) is 0 Å². The molecule has 0 unspecified atom stereocenters. The molecule has 1 rings (SSSR count). The van der Waals surface area contributed by atoms with Crippen molar-refractivity contribution in [2.45, 2.75) is 52.0 Å². The summed E-state index contributed by atoms with van der Waals surface area (Å²) in [6.45, 7) is 11.9. The second-order valence-electron chi connectivity index (χ2n) is 3.95. The lowest BCUT2D eigenvalue weighted by Gasteiger charge is -2.26. The highest BCUT2D eigenvalue weighted by molar-refractivity contribution is 7.97. The van der Waals surface area contributed by atoms with E-state index < -0.39 is 5.54 Å². The Bertz CT molecular complexity index is 367. The summed E-state index contributed by atoms with van der Waals surface area (Å²) >= 11 is 6.66. The Balaban J connectivity index is 0. The molecule has 0 aliphatic heterocycles. The molecule has 0 fully saturated rings. The highest BCUT2D eigenvalue weighted by Gasteiger charge is 2.22. The number of amides is 1. The molecular weight excluding hydrogens is 292 g/mol. The Morgan fingerprint density at radius 1 is 1.20 bits per heavy atom. The third-order valence-electron chi connectivity index (χ3n) is 2.29. The molecule has 1 amide bonds. The van der Waals surface area contributed by atoms with Gasteiger partial charge in [-0.05, 0) is 43.5 Å². The maximum Gasteiger partial charge on any atom is 0.235 e. The zero-order valence-corrected chi connectivity index (χ0v) is 14.9. The number of benzene rings is 1. The van der Waals surface area contributed by atoms with Crippen LogP contribution in [0.1, 0.15) is 47.1 Å². The van der Waals surface area contributed by atoms with E-state index in [4.69, 9.17) is 16.7 Å². The monoisotopic (exact) mass is 318 g/mol. The molecule has 116 valence electrons. The molecule has 3 N–H and O–H groups in total. The summed E-state index contributed by atoms with van der Waals surface area (Å²) in [5.41, 5.74) is 0.591. The predicted octanol–water partition coefficient (Wildman–Crippen LogP) is 4.29. The van der Waals surface area contributed by atoms with Crippen LogP contribution < -0.4 is 10.5 Å². The van der Waals surface area contributed by atoms with Crippen LogP contribution >= 0.6 is 23.5 Å².